The Kier molecular flexibility index (Phi) is 6.54. The zero-order valence-corrected chi connectivity index (χ0v) is 9.71. The highest BCUT2D eigenvalue weighted by Gasteiger charge is 2.16. The first-order valence-electron chi connectivity index (χ1n) is 5.37. The van der Waals surface area contributed by atoms with Gasteiger partial charge in [-0.2, -0.15) is 0 Å². The molecule has 0 aromatic carbocycles. The average molecular weight is 201 g/mol. The van der Waals surface area contributed by atoms with Crippen molar-refractivity contribution < 1.29 is 9.90 Å². The lowest BCUT2D eigenvalue weighted by atomic mass is 9.97. The summed E-state index contributed by atoms with van der Waals surface area (Å²) in [5.41, 5.74) is 0. The van der Waals surface area contributed by atoms with E-state index >= 15 is 0 Å². The molecule has 0 bridgehead atoms. The quantitative estimate of drug-likeness (QED) is 0.682. The van der Waals surface area contributed by atoms with Crippen molar-refractivity contribution in [2.75, 3.05) is 13.2 Å². The molecule has 0 aromatic heterocycles. The molecular weight excluding hydrogens is 178 g/mol. The van der Waals surface area contributed by atoms with Crippen LogP contribution in [0.15, 0.2) is 0 Å². The van der Waals surface area contributed by atoms with Gasteiger partial charge in [0.2, 0.25) is 5.91 Å². The van der Waals surface area contributed by atoms with Crippen LogP contribution >= 0.6 is 0 Å². The van der Waals surface area contributed by atoms with Gasteiger partial charge in [0.05, 0.1) is 0 Å². The van der Waals surface area contributed by atoms with Crippen LogP contribution in [0.4, 0.5) is 0 Å². The number of aliphatic hydroxyl groups is 1. The topological polar surface area (TPSA) is 49.3 Å². The summed E-state index contributed by atoms with van der Waals surface area (Å²) < 4.78 is 0. The van der Waals surface area contributed by atoms with Crippen molar-refractivity contribution in [2.24, 2.45) is 17.8 Å². The van der Waals surface area contributed by atoms with E-state index in [1.807, 2.05) is 27.7 Å². The largest absolute Gasteiger partial charge is 0.396 e. The zero-order chi connectivity index (χ0) is 11.1. The highest BCUT2D eigenvalue weighted by Crippen LogP contribution is 2.09. The molecule has 0 aliphatic rings. The van der Waals surface area contributed by atoms with E-state index in [9.17, 15) is 4.79 Å². The molecule has 0 radical (unpaired) electrons. The number of rotatable bonds is 6. The van der Waals surface area contributed by atoms with Gasteiger partial charge in [-0.25, -0.2) is 0 Å². The fourth-order valence-corrected chi connectivity index (χ4v) is 1.06. The summed E-state index contributed by atoms with van der Waals surface area (Å²) >= 11 is 0. The Hall–Kier alpha value is -0.570. The number of carbonyl (C=O) groups is 1. The van der Waals surface area contributed by atoms with E-state index in [1.54, 1.807) is 0 Å². The first-order chi connectivity index (χ1) is 6.49. The lowest BCUT2D eigenvalue weighted by molar-refractivity contribution is -0.125. The molecule has 0 rings (SSSR count). The summed E-state index contributed by atoms with van der Waals surface area (Å²) in [4.78, 5) is 11.5. The summed E-state index contributed by atoms with van der Waals surface area (Å²) in [5, 5.41) is 11.6. The van der Waals surface area contributed by atoms with E-state index in [-0.39, 0.29) is 18.4 Å². The molecule has 2 atom stereocenters. The van der Waals surface area contributed by atoms with Crippen molar-refractivity contribution in [1.82, 2.24) is 5.32 Å². The minimum atomic E-state index is 0.0660. The molecule has 0 spiro atoms. The molecule has 2 unspecified atom stereocenters. The minimum Gasteiger partial charge on any atom is -0.396 e. The van der Waals surface area contributed by atoms with E-state index in [0.29, 0.717) is 18.4 Å². The Balaban J connectivity index is 3.73. The second kappa shape index (κ2) is 6.82. The van der Waals surface area contributed by atoms with Crippen molar-refractivity contribution >= 4 is 5.91 Å². The van der Waals surface area contributed by atoms with E-state index in [0.717, 1.165) is 6.42 Å². The van der Waals surface area contributed by atoms with Gasteiger partial charge < -0.3 is 10.4 Å². The van der Waals surface area contributed by atoms with Crippen LogP contribution in [0.1, 0.15) is 34.1 Å². The van der Waals surface area contributed by atoms with Crippen molar-refractivity contribution in [3.8, 4) is 0 Å². The van der Waals surface area contributed by atoms with Gasteiger partial charge in [0.1, 0.15) is 0 Å². The SMILES string of the molecule is CC(CCO)CNC(=O)C(C)C(C)C. The Morgan fingerprint density at radius 1 is 1.29 bits per heavy atom. The number of hydrogen-bond acceptors (Lipinski definition) is 2. The van der Waals surface area contributed by atoms with Crippen LogP contribution in [0, 0.1) is 17.8 Å². The molecule has 0 saturated heterocycles. The average Bonchev–Trinajstić information content (AvgIpc) is 2.13. The van der Waals surface area contributed by atoms with Crippen LogP contribution < -0.4 is 5.32 Å². The standard InChI is InChI=1S/C11H23NO2/c1-8(2)10(4)11(14)12-7-9(3)5-6-13/h8-10,13H,5-7H2,1-4H3,(H,12,14). The molecule has 0 heterocycles. The summed E-state index contributed by atoms with van der Waals surface area (Å²) in [6.45, 7) is 8.91. The number of hydrogen-bond donors (Lipinski definition) is 2. The van der Waals surface area contributed by atoms with E-state index in [4.69, 9.17) is 5.11 Å². The third-order valence-electron chi connectivity index (χ3n) is 2.66. The zero-order valence-electron chi connectivity index (χ0n) is 9.71. The Labute approximate surface area is 86.9 Å². The smallest absolute Gasteiger partial charge is 0.223 e. The Morgan fingerprint density at radius 2 is 1.86 bits per heavy atom. The maximum Gasteiger partial charge on any atom is 0.223 e. The first-order valence-corrected chi connectivity index (χ1v) is 5.37. The molecule has 1 amide bonds. The first kappa shape index (κ1) is 13.4. The molecule has 84 valence electrons. The molecule has 0 fully saturated rings. The summed E-state index contributed by atoms with van der Waals surface area (Å²) in [7, 11) is 0. The Bertz CT molecular complexity index is 169. The summed E-state index contributed by atoms with van der Waals surface area (Å²) in [6, 6.07) is 0. The van der Waals surface area contributed by atoms with Crippen molar-refractivity contribution in [1.29, 1.82) is 0 Å². The lowest BCUT2D eigenvalue weighted by Crippen LogP contribution is -2.34. The van der Waals surface area contributed by atoms with E-state index < -0.39 is 0 Å². The molecule has 2 N–H and O–H groups in total. The predicted octanol–water partition coefficient (Wildman–Crippen LogP) is 1.41. The fraction of sp³-hybridized carbons (Fsp3) is 0.909. The summed E-state index contributed by atoms with van der Waals surface area (Å²) in [5.74, 6) is 0.910. The number of nitrogens with one attached hydrogen (secondary N) is 1. The second-order valence-electron chi connectivity index (χ2n) is 4.40. The van der Waals surface area contributed by atoms with Gasteiger partial charge >= 0.3 is 0 Å². The van der Waals surface area contributed by atoms with Gasteiger partial charge in [0.15, 0.2) is 0 Å². The molecule has 0 aliphatic heterocycles. The molecule has 14 heavy (non-hydrogen) atoms. The van der Waals surface area contributed by atoms with Crippen LogP contribution in [0.5, 0.6) is 0 Å². The van der Waals surface area contributed by atoms with Gasteiger partial charge in [-0.1, -0.05) is 27.7 Å². The lowest BCUT2D eigenvalue weighted by Gasteiger charge is -2.17. The van der Waals surface area contributed by atoms with E-state index in [1.165, 1.54) is 0 Å². The number of aliphatic hydroxyl groups excluding tert-OH is 1. The van der Waals surface area contributed by atoms with Crippen molar-refractivity contribution in [3.63, 3.8) is 0 Å². The molecule has 0 saturated carbocycles. The molecule has 0 aliphatic carbocycles. The second-order valence-corrected chi connectivity index (χ2v) is 4.40. The maximum atomic E-state index is 11.5. The minimum absolute atomic E-state index is 0.0660. The third kappa shape index (κ3) is 5.22. The van der Waals surface area contributed by atoms with Gasteiger partial charge in [0.25, 0.3) is 0 Å². The molecule has 3 nitrogen and oxygen atoms in total. The fourth-order valence-electron chi connectivity index (χ4n) is 1.06. The van der Waals surface area contributed by atoms with Gasteiger partial charge in [-0.05, 0) is 18.3 Å². The van der Waals surface area contributed by atoms with Gasteiger partial charge in [-0.15, -0.1) is 0 Å². The van der Waals surface area contributed by atoms with Gasteiger partial charge in [0, 0.05) is 19.1 Å². The van der Waals surface area contributed by atoms with Crippen LogP contribution in [0.2, 0.25) is 0 Å². The van der Waals surface area contributed by atoms with Crippen LogP contribution in [-0.4, -0.2) is 24.2 Å². The normalized spacial score (nSPS) is 15.3. The molecule has 0 aromatic rings. The predicted molar refractivity (Wildman–Crippen MR) is 57.9 cm³/mol. The van der Waals surface area contributed by atoms with Crippen molar-refractivity contribution in [3.05, 3.63) is 0 Å². The Morgan fingerprint density at radius 3 is 2.29 bits per heavy atom. The van der Waals surface area contributed by atoms with Crippen molar-refractivity contribution in [2.45, 2.75) is 34.1 Å². The van der Waals surface area contributed by atoms with Crippen LogP contribution in [0.25, 0.3) is 0 Å². The maximum absolute atomic E-state index is 11.5. The molecular formula is C11H23NO2. The van der Waals surface area contributed by atoms with E-state index in [2.05, 4.69) is 5.32 Å². The van der Waals surface area contributed by atoms with Crippen LogP contribution in [-0.2, 0) is 4.79 Å². The molecule has 3 heteroatoms. The third-order valence-corrected chi connectivity index (χ3v) is 2.66. The number of carbonyl (C=O) groups excluding carboxylic acids is 1. The highest BCUT2D eigenvalue weighted by molar-refractivity contribution is 5.78. The van der Waals surface area contributed by atoms with Gasteiger partial charge in [-0.3, -0.25) is 4.79 Å². The summed E-state index contributed by atoms with van der Waals surface area (Å²) in [6.07, 6.45) is 0.746. The monoisotopic (exact) mass is 201 g/mol. The highest BCUT2D eigenvalue weighted by atomic mass is 16.3. The van der Waals surface area contributed by atoms with Crippen LogP contribution in [0.3, 0.4) is 0 Å². The number of amides is 1.